The van der Waals surface area contributed by atoms with E-state index in [1.807, 2.05) is 0 Å². The first-order valence-corrected chi connectivity index (χ1v) is 6.67. The van der Waals surface area contributed by atoms with Crippen LogP contribution in [0.15, 0.2) is 11.8 Å². The predicted octanol–water partition coefficient (Wildman–Crippen LogP) is 2.31. The van der Waals surface area contributed by atoms with Gasteiger partial charge in [0.2, 0.25) is 0 Å². The second-order valence-electron chi connectivity index (χ2n) is 5.27. The quantitative estimate of drug-likeness (QED) is 0.704. The Hall–Kier alpha value is -1.12. The molecule has 0 aromatic rings. The number of hydrogen-bond donors (Lipinski definition) is 0. The molecule has 1 heterocycles. The van der Waals surface area contributed by atoms with Gasteiger partial charge in [0.05, 0.1) is 5.57 Å². The largest absolute Gasteiger partial charge is 0.376 e. The second-order valence-corrected chi connectivity index (χ2v) is 5.27. The van der Waals surface area contributed by atoms with Gasteiger partial charge in [-0.05, 0) is 25.7 Å². The van der Waals surface area contributed by atoms with Crippen LogP contribution in [-0.2, 0) is 9.59 Å². The average molecular weight is 235 g/mol. The van der Waals surface area contributed by atoms with E-state index in [2.05, 4.69) is 4.90 Å². The lowest BCUT2D eigenvalue weighted by Gasteiger charge is -2.31. The summed E-state index contributed by atoms with van der Waals surface area (Å²) in [6, 6.07) is 0. The van der Waals surface area contributed by atoms with Crippen LogP contribution in [0.1, 0.15) is 45.4 Å². The Labute approximate surface area is 103 Å². The summed E-state index contributed by atoms with van der Waals surface area (Å²) in [4.78, 5) is 25.1. The Kier molecular flexibility index (Phi) is 3.97. The lowest BCUT2D eigenvalue weighted by molar-refractivity contribution is -0.121. The highest BCUT2D eigenvalue weighted by atomic mass is 16.1. The van der Waals surface area contributed by atoms with E-state index < -0.39 is 0 Å². The summed E-state index contributed by atoms with van der Waals surface area (Å²) in [5.74, 6) is 0.669. The van der Waals surface area contributed by atoms with Gasteiger partial charge in [-0.15, -0.1) is 0 Å². The van der Waals surface area contributed by atoms with Crippen molar-refractivity contribution >= 4 is 11.6 Å². The molecule has 0 unspecified atom stereocenters. The first kappa shape index (κ1) is 12.3. The third-order valence-corrected chi connectivity index (χ3v) is 3.83. The number of carbonyl (C=O) groups excluding carboxylic acids is 2. The summed E-state index contributed by atoms with van der Waals surface area (Å²) in [5, 5.41) is 0. The smallest absolute Gasteiger partial charge is 0.169 e. The number of rotatable bonds is 3. The summed E-state index contributed by atoms with van der Waals surface area (Å²) in [6.45, 7) is 3.28. The monoisotopic (exact) mass is 235 g/mol. The fraction of sp³-hybridized carbons (Fsp3) is 0.714. The molecular weight excluding hydrogens is 214 g/mol. The molecule has 0 N–H and O–H groups in total. The zero-order chi connectivity index (χ0) is 12.3. The number of Topliss-reactive ketones (excluding diaryl/α,β-unsaturated/α-hetero) is 2. The van der Waals surface area contributed by atoms with Crippen LogP contribution in [0.3, 0.4) is 0 Å². The van der Waals surface area contributed by atoms with Crippen LogP contribution in [0, 0.1) is 5.92 Å². The van der Waals surface area contributed by atoms with Crippen molar-refractivity contribution in [3.8, 4) is 0 Å². The minimum Gasteiger partial charge on any atom is -0.376 e. The van der Waals surface area contributed by atoms with Gasteiger partial charge >= 0.3 is 0 Å². The number of ketones is 2. The maximum atomic E-state index is 11.6. The third kappa shape index (κ3) is 3.18. The highest BCUT2D eigenvalue weighted by Crippen LogP contribution is 2.25. The molecule has 1 aliphatic carbocycles. The molecular formula is C14H21NO2. The second kappa shape index (κ2) is 5.48. The van der Waals surface area contributed by atoms with E-state index in [1.54, 1.807) is 6.20 Å². The van der Waals surface area contributed by atoms with Crippen molar-refractivity contribution < 1.29 is 9.59 Å². The van der Waals surface area contributed by atoms with E-state index in [0.29, 0.717) is 12.0 Å². The Morgan fingerprint density at radius 3 is 2.71 bits per heavy atom. The van der Waals surface area contributed by atoms with Crippen molar-refractivity contribution in [2.75, 3.05) is 13.1 Å². The normalized spacial score (nSPS) is 22.5. The topological polar surface area (TPSA) is 37.4 Å². The van der Waals surface area contributed by atoms with Crippen LogP contribution in [-0.4, -0.2) is 29.6 Å². The Bertz CT molecular complexity index is 340. The van der Waals surface area contributed by atoms with E-state index >= 15 is 0 Å². The molecule has 2 rings (SSSR count). The van der Waals surface area contributed by atoms with Gasteiger partial charge in [0.1, 0.15) is 0 Å². The molecule has 3 nitrogen and oxygen atoms in total. The first-order chi connectivity index (χ1) is 8.16. The SMILES string of the molecule is CC(=O)C1=CN(CC2CCCCC2)CCC1=O. The molecule has 0 saturated heterocycles. The predicted molar refractivity (Wildman–Crippen MR) is 66.5 cm³/mol. The van der Waals surface area contributed by atoms with Gasteiger partial charge in [-0.3, -0.25) is 9.59 Å². The lowest BCUT2D eigenvalue weighted by atomic mass is 9.88. The molecule has 0 spiro atoms. The number of nitrogens with zero attached hydrogens (tertiary/aromatic N) is 1. The van der Waals surface area contributed by atoms with Gasteiger partial charge in [0, 0.05) is 25.7 Å². The molecule has 94 valence electrons. The van der Waals surface area contributed by atoms with Gasteiger partial charge in [-0.1, -0.05) is 19.3 Å². The van der Waals surface area contributed by atoms with Crippen molar-refractivity contribution in [2.24, 2.45) is 5.92 Å². The van der Waals surface area contributed by atoms with E-state index in [0.717, 1.165) is 19.0 Å². The van der Waals surface area contributed by atoms with Crippen LogP contribution in [0.2, 0.25) is 0 Å². The third-order valence-electron chi connectivity index (χ3n) is 3.83. The van der Waals surface area contributed by atoms with Gasteiger partial charge in [-0.25, -0.2) is 0 Å². The first-order valence-electron chi connectivity index (χ1n) is 6.67. The van der Waals surface area contributed by atoms with E-state index in [9.17, 15) is 9.59 Å². The van der Waals surface area contributed by atoms with Gasteiger partial charge < -0.3 is 4.90 Å². The van der Waals surface area contributed by atoms with Crippen molar-refractivity contribution in [3.63, 3.8) is 0 Å². The molecule has 0 radical (unpaired) electrons. The molecule has 0 atom stereocenters. The van der Waals surface area contributed by atoms with Crippen LogP contribution in [0.25, 0.3) is 0 Å². The van der Waals surface area contributed by atoms with Crippen molar-refractivity contribution in [2.45, 2.75) is 45.4 Å². The molecule has 1 aliphatic heterocycles. The average Bonchev–Trinajstić information content (AvgIpc) is 2.32. The highest BCUT2D eigenvalue weighted by molar-refractivity contribution is 6.19. The molecule has 0 aromatic carbocycles. The Balaban J connectivity index is 1.97. The molecule has 2 aliphatic rings. The van der Waals surface area contributed by atoms with Crippen LogP contribution in [0.5, 0.6) is 0 Å². The van der Waals surface area contributed by atoms with Crippen molar-refractivity contribution in [1.82, 2.24) is 4.90 Å². The van der Waals surface area contributed by atoms with Crippen LogP contribution < -0.4 is 0 Å². The van der Waals surface area contributed by atoms with Gasteiger partial charge in [0.25, 0.3) is 0 Å². The summed E-state index contributed by atoms with van der Waals surface area (Å²) < 4.78 is 0. The number of hydrogen-bond acceptors (Lipinski definition) is 3. The summed E-state index contributed by atoms with van der Waals surface area (Å²) in [5.41, 5.74) is 0.395. The highest BCUT2D eigenvalue weighted by Gasteiger charge is 2.23. The van der Waals surface area contributed by atoms with E-state index in [1.165, 1.54) is 39.0 Å². The van der Waals surface area contributed by atoms with Gasteiger partial charge in [0.15, 0.2) is 11.6 Å². The van der Waals surface area contributed by atoms with Crippen LogP contribution >= 0.6 is 0 Å². The standard InChI is InChI=1S/C14H21NO2/c1-11(16)13-10-15(8-7-14(13)17)9-12-5-3-2-4-6-12/h10,12H,2-9H2,1H3. The zero-order valence-corrected chi connectivity index (χ0v) is 10.6. The van der Waals surface area contributed by atoms with E-state index in [-0.39, 0.29) is 11.6 Å². The Morgan fingerprint density at radius 2 is 2.06 bits per heavy atom. The summed E-state index contributed by atoms with van der Waals surface area (Å²) in [6.07, 6.45) is 8.92. The van der Waals surface area contributed by atoms with Crippen LogP contribution in [0.4, 0.5) is 0 Å². The fourth-order valence-electron chi connectivity index (χ4n) is 2.83. The maximum absolute atomic E-state index is 11.6. The zero-order valence-electron chi connectivity index (χ0n) is 10.6. The minimum atomic E-state index is -0.0941. The molecule has 17 heavy (non-hydrogen) atoms. The summed E-state index contributed by atoms with van der Waals surface area (Å²) in [7, 11) is 0. The van der Waals surface area contributed by atoms with Gasteiger partial charge in [-0.2, -0.15) is 0 Å². The molecule has 1 fully saturated rings. The number of carbonyl (C=O) groups is 2. The molecule has 3 heteroatoms. The molecule has 0 bridgehead atoms. The molecule has 0 aromatic heterocycles. The lowest BCUT2D eigenvalue weighted by Crippen LogP contribution is -2.33. The summed E-state index contributed by atoms with van der Waals surface area (Å²) >= 11 is 0. The fourth-order valence-corrected chi connectivity index (χ4v) is 2.83. The van der Waals surface area contributed by atoms with Crippen molar-refractivity contribution in [1.29, 1.82) is 0 Å². The number of allylic oxidation sites excluding steroid dienone is 1. The van der Waals surface area contributed by atoms with E-state index in [4.69, 9.17) is 0 Å². The maximum Gasteiger partial charge on any atom is 0.169 e. The van der Waals surface area contributed by atoms with Crippen molar-refractivity contribution in [3.05, 3.63) is 11.8 Å². The molecule has 1 saturated carbocycles. The minimum absolute atomic E-state index is 0.0115. The molecule has 0 amide bonds. The Morgan fingerprint density at radius 1 is 1.35 bits per heavy atom.